The molecule has 0 spiro atoms. The van der Waals surface area contributed by atoms with Crippen molar-refractivity contribution in [2.45, 2.75) is 32.2 Å². The number of carbonyl (C=O) groups excluding carboxylic acids is 1. The number of carboxylic acid groups (broad SMARTS) is 1. The van der Waals surface area contributed by atoms with Crippen molar-refractivity contribution < 1.29 is 14.7 Å². The van der Waals surface area contributed by atoms with Crippen LogP contribution in [0.5, 0.6) is 0 Å². The fourth-order valence-corrected chi connectivity index (χ4v) is 3.06. The van der Waals surface area contributed by atoms with Gasteiger partial charge in [-0.05, 0) is 43.9 Å². The van der Waals surface area contributed by atoms with E-state index in [0.717, 1.165) is 25.9 Å². The number of benzene rings is 1. The van der Waals surface area contributed by atoms with Crippen molar-refractivity contribution in [3.8, 4) is 0 Å². The molecule has 5 nitrogen and oxygen atoms in total. The maximum atomic E-state index is 12.0. The topological polar surface area (TPSA) is 69.6 Å². The van der Waals surface area contributed by atoms with Gasteiger partial charge in [-0.3, -0.25) is 14.5 Å². The molecule has 1 aliphatic heterocycles. The van der Waals surface area contributed by atoms with Crippen molar-refractivity contribution in [2.24, 2.45) is 5.92 Å². The molecule has 1 amide bonds. The van der Waals surface area contributed by atoms with Gasteiger partial charge in [0.15, 0.2) is 0 Å². The second kappa shape index (κ2) is 9.53. The van der Waals surface area contributed by atoms with Gasteiger partial charge >= 0.3 is 5.97 Å². The zero-order chi connectivity index (χ0) is 15.9. The van der Waals surface area contributed by atoms with Crippen LogP contribution in [0.1, 0.15) is 36.5 Å². The van der Waals surface area contributed by atoms with Crippen LogP contribution in [0, 0.1) is 5.92 Å². The van der Waals surface area contributed by atoms with Crippen LogP contribution in [0.4, 0.5) is 0 Å². The van der Waals surface area contributed by atoms with Gasteiger partial charge in [-0.1, -0.05) is 25.1 Å². The van der Waals surface area contributed by atoms with E-state index in [1.54, 1.807) is 12.1 Å². The van der Waals surface area contributed by atoms with Crippen LogP contribution in [-0.4, -0.2) is 47.6 Å². The molecule has 1 saturated heterocycles. The molecule has 0 saturated carbocycles. The summed E-state index contributed by atoms with van der Waals surface area (Å²) in [5.41, 5.74) is 0.659. The van der Waals surface area contributed by atoms with E-state index in [4.69, 9.17) is 0 Å². The Hall–Kier alpha value is -1.59. The van der Waals surface area contributed by atoms with Crippen LogP contribution in [0.3, 0.4) is 0 Å². The standard InChI is InChI=1S/C17H24N2O3.ClH/c1-2-15(17(21)22)19-10-6-7-13(12-19)11-18-16(20)14-8-4-3-5-9-14;/h3-5,8-9,13,15H,2,6-7,10-12H2,1H3,(H,18,20)(H,21,22);1H. The van der Waals surface area contributed by atoms with Crippen molar-refractivity contribution in [1.29, 1.82) is 0 Å². The number of piperidine rings is 1. The summed E-state index contributed by atoms with van der Waals surface area (Å²) in [6.45, 7) is 4.06. The van der Waals surface area contributed by atoms with Crippen molar-refractivity contribution in [3.63, 3.8) is 0 Å². The lowest BCUT2D eigenvalue weighted by Crippen LogP contribution is -2.48. The first kappa shape index (κ1) is 19.5. The molecule has 0 aliphatic carbocycles. The van der Waals surface area contributed by atoms with Crippen LogP contribution in [0.2, 0.25) is 0 Å². The van der Waals surface area contributed by atoms with Gasteiger partial charge in [0.2, 0.25) is 0 Å². The lowest BCUT2D eigenvalue weighted by molar-refractivity contribution is -0.144. The fourth-order valence-electron chi connectivity index (χ4n) is 3.06. The van der Waals surface area contributed by atoms with Gasteiger partial charge < -0.3 is 10.4 Å². The zero-order valence-corrected chi connectivity index (χ0v) is 14.2. The smallest absolute Gasteiger partial charge is 0.320 e. The molecule has 1 aliphatic rings. The van der Waals surface area contributed by atoms with Gasteiger partial charge in [-0.25, -0.2) is 0 Å². The zero-order valence-electron chi connectivity index (χ0n) is 13.4. The van der Waals surface area contributed by atoms with E-state index < -0.39 is 12.0 Å². The van der Waals surface area contributed by atoms with Crippen LogP contribution in [0.25, 0.3) is 0 Å². The number of carboxylic acids is 1. The molecular formula is C17H25ClN2O3. The predicted molar refractivity (Wildman–Crippen MR) is 92.0 cm³/mol. The number of amides is 1. The minimum absolute atomic E-state index is 0. The molecule has 2 unspecified atom stereocenters. The molecule has 1 aromatic rings. The Labute approximate surface area is 143 Å². The van der Waals surface area contributed by atoms with Crippen molar-refractivity contribution in [3.05, 3.63) is 35.9 Å². The van der Waals surface area contributed by atoms with Gasteiger partial charge in [-0.2, -0.15) is 0 Å². The van der Waals surface area contributed by atoms with Gasteiger partial charge in [0.25, 0.3) is 5.91 Å². The largest absolute Gasteiger partial charge is 0.480 e. The summed E-state index contributed by atoms with van der Waals surface area (Å²) in [6, 6.07) is 8.74. The van der Waals surface area contributed by atoms with Crippen molar-refractivity contribution in [1.82, 2.24) is 10.2 Å². The lowest BCUT2D eigenvalue weighted by atomic mass is 9.96. The summed E-state index contributed by atoms with van der Waals surface area (Å²) < 4.78 is 0. The van der Waals surface area contributed by atoms with Gasteiger partial charge in [0.05, 0.1) is 0 Å². The SMILES string of the molecule is CCC(C(=O)O)N1CCCC(CNC(=O)c2ccccc2)C1.Cl. The monoisotopic (exact) mass is 340 g/mol. The molecule has 0 radical (unpaired) electrons. The summed E-state index contributed by atoms with van der Waals surface area (Å²) in [6.07, 6.45) is 2.62. The third-order valence-electron chi connectivity index (χ3n) is 4.25. The fraction of sp³-hybridized carbons (Fsp3) is 0.529. The molecule has 1 heterocycles. The lowest BCUT2D eigenvalue weighted by Gasteiger charge is -2.36. The van der Waals surface area contributed by atoms with Crippen LogP contribution < -0.4 is 5.32 Å². The summed E-state index contributed by atoms with van der Waals surface area (Å²) in [4.78, 5) is 25.4. The van der Waals surface area contributed by atoms with Gasteiger partial charge in [0, 0.05) is 18.7 Å². The number of carbonyl (C=O) groups is 2. The Morgan fingerprint density at radius 1 is 1.35 bits per heavy atom. The Balaban J connectivity index is 0.00000264. The van der Waals surface area contributed by atoms with Crippen molar-refractivity contribution in [2.75, 3.05) is 19.6 Å². The van der Waals surface area contributed by atoms with E-state index in [0.29, 0.717) is 24.4 Å². The highest BCUT2D eigenvalue weighted by molar-refractivity contribution is 5.94. The highest BCUT2D eigenvalue weighted by Crippen LogP contribution is 2.19. The number of rotatable bonds is 6. The molecule has 2 atom stereocenters. The number of likely N-dealkylation sites (tertiary alicyclic amines) is 1. The minimum atomic E-state index is -0.753. The molecule has 23 heavy (non-hydrogen) atoms. The average molecular weight is 341 g/mol. The number of hydrogen-bond acceptors (Lipinski definition) is 3. The van der Waals surface area contributed by atoms with Crippen LogP contribution >= 0.6 is 12.4 Å². The summed E-state index contributed by atoms with van der Waals surface area (Å²) >= 11 is 0. The van der Waals surface area contributed by atoms with E-state index in [-0.39, 0.29) is 18.3 Å². The highest BCUT2D eigenvalue weighted by Gasteiger charge is 2.29. The molecule has 6 heteroatoms. The van der Waals surface area contributed by atoms with E-state index >= 15 is 0 Å². The molecule has 128 valence electrons. The maximum Gasteiger partial charge on any atom is 0.320 e. The third kappa shape index (κ3) is 5.52. The molecule has 0 bridgehead atoms. The predicted octanol–water partition coefficient (Wildman–Crippen LogP) is 2.41. The van der Waals surface area contributed by atoms with Gasteiger partial charge in [0.1, 0.15) is 6.04 Å². The molecule has 1 aromatic carbocycles. The van der Waals surface area contributed by atoms with E-state index in [2.05, 4.69) is 5.32 Å². The first-order valence-corrected chi connectivity index (χ1v) is 7.92. The Bertz CT molecular complexity index is 510. The van der Waals surface area contributed by atoms with Crippen LogP contribution in [-0.2, 0) is 4.79 Å². The second-order valence-electron chi connectivity index (χ2n) is 5.84. The Morgan fingerprint density at radius 2 is 2.04 bits per heavy atom. The average Bonchev–Trinajstić information content (AvgIpc) is 2.54. The van der Waals surface area contributed by atoms with Crippen molar-refractivity contribution >= 4 is 24.3 Å². The molecule has 2 rings (SSSR count). The molecule has 0 aromatic heterocycles. The normalized spacial score (nSPS) is 19.4. The molecule has 2 N–H and O–H groups in total. The van der Waals surface area contributed by atoms with E-state index in [9.17, 15) is 14.7 Å². The first-order chi connectivity index (χ1) is 10.6. The third-order valence-corrected chi connectivity index (χ3v) is 4.25. The number of halogens is 1. The Morgan fingerprint density at radius 3 is 2.65 bits per heavy atom. The Kier molecular flexibility index (Phi) is 8.06. The quantitative estimate of drug-likeness (QED) is 0.834. The highest BCUT2D eigenvalue weighted by atomic mass is 35.5. The van der Waals surface area contributed by atoms with E-state index in [1.165, 1.54) is 0 Å². The molecule has 1 fully saturated rings. The second-order valence-corrected chi connectivity index (χ2v) is 5.84. The number of nitrogens with one attached hydrogen (secondary N) is 1. The minimum Gasteiger partial charge on any atom is -0.480 e. The summed E-state index contributed by atoms with van der Waals surface area (Å²) in [5, 5.41) is 12.2. The first-order valence-electron chi connectivity index (χ1n) is 7.92. The van der Waals surface area contributed by atoms with Crippen LogP contribution in [0.15, 0.2) is 30.3 Å². The maximum absolute atomic E-state index is 12.0. The number of aliphatic carboxylic acids is 1. The number of hydrogen-bond donors (Lipinski definition) is 2. The van der Waals surface area contributed by atoms with E-state index in [1.807, 2.05) is 30.0 Å². The number of nitrogens with zero attached hydrogens (tertiary/aromatic N) is 1. The summed E-state index contributed by atoms with van der Waals surface area (Å²) in [7, 11) is 0. The van der Waals surface area contributed by atoms with Gasteiger partial charge in [-0.15, -0.1) is 12.4 Å². The molecular weight excluding hydrogens is 316 g/mol. The summed E-state index contributed by atoms with van der Waals surface area (Å²) in [5.74, 6) is -0.505.